The summed E-state index contributed by atoms with van der Waals surface area (Å²) < 4.78 is 4.99. The van der Waals surface area contributed by atoms with E-state index in [1.165, 1.54) is 6.26 Å². The van der Waals surface area contributed by atoms with E-state index in [0.717, 1.165) is 16.8 Å². The van der Waals surface area contributed by atoms with Crippen molar-refractivity contribution in [3.63, 3.8) is 0 Å². The zero-order chi connectivity index (χ0) is 14.8. The van der Waals surface area contributed by atoms with Crippen LogP contribution in [-0.4, -0.2) is 24.9 Å². The van der Waals surface area contributed by atoms with Gasteiger partial charge in [0, 0.05) is 19.2 Å². The van der Waals surface area contributed by atoms with Crippen molar-refractivity contribution in [2.24, 2.45) is 0 Å². The van der Waals surface area contributed by atoms with E-state index in [1.54, 1.807) is 24.3 Å². The average Bonchev–Trinajstić information content (AvgIpc) is 3.12. The lowest BCUT2D eigenvalue weighted by Gasteiger charge is -2.24. The number of likely N-dealkylation sites (N-methyl/N-ethyl adjacent to an activating group) is 1. The molecule has 1 aliphatic heterocycles. The zero-order valence-electron chi connectivity index (χ0n) is 11.7. The summed E-state index contributed by atoms with van der Waals surface area (Å²) in [4.78, 5) is 26.3. The first-order valence-electron chi connectivity index (χ1n) is 6.83. The number of anilines is 1. The van der Waals surface area contributed by atoms with Crippen LogP contribution in [0.1, 0.15) is 11.1 Å². The van der Waals surface area contributed by atoms with Crippen molar-refractivity contribution in [1.29, 1.82) is 0 Å². The van der Waals surface area contributed by atoms with Crippen molar-refractivity contribution in [3.8, 4) is 0 Å². The molecule has 0 aliphatic carbocycles. The molecule has 0 fully saturated rings. The molecule has 1 aromatic heterocycles. The van der Waals surface area contributed by atoms with E-state index in [4.69, 9.17) is 4.42 Å². The molecule has 2 heterocycles. The van der Waals surface area contributed by atoms with Crippen LogP contribution in [0, 0.1) is 0 Å². The van der Waals surface area contributed by atoms with Crippen LogP contribution < -0.4 is 10.2 Å². The molecule has 2 aromatic rings. The van der Waals surface area contributed by atoms with E-state index in [1.807, 2.05) is 24.3 Å². The lowest BCUT2D eigenvalue weighted by atomic mass is 10.1. The van der Waals surface area contributed by atoms with Crippen LogP contribution in [0.2, 0.25) is 0 Å². The minimum Gasteiger partial charge on any atom is -0.472 e. The molecule has 0 bridgehead atoms. The number of rotatable bonds is 3. The molecule has 0 saturated heterocycles. The fourth-order valence-electron chi connectivity index (χ4n) is 2.72. The van der Waals surface area contributed by atoms with Crippen LogP contribution in [0.3, 0.4) is 0 Å². The van der Waals surface area contributed by atoms with Gasteiger partial charge >= 0.3 is 0 Å². The molecule has 21 heavy (non-hydrogen) atoms. The van der Waals surface area contributed by atoms with E-state index >= 15 is 0 Å². The van der Waals surface area contributed by atoms with Crippen LogP contribution in [0.5, 0.6) is 0 Å². The van der Waals surface area contributed by atoms with Gasteiger partial charge in [0.15, 0.2) is 0 Å². The number of carbonyl (C=O) groups excluding carboxylic acids is 2. The Labute approximate surface area is 122 Å². The topological polar surface area (TPSA) is 62.6 Å². The Morgan fingerprint density at radius 1 is 1.33 bits per heavy atom. The maximum absolute atomic E-state index is 12.6. The molecule has 1 aromatic carbocycles. The predicted molar refractivity (Wildman–Crippen MR) is 77.9 cm³/mol. The summed E-state index contributed by atoms with van der Waals surface area (Å²) in [6.45, 7) is 0. The molecule has 0 spiro atoms. The largest absolute Gasteiger partial charge is 0.472 e. The van der Waals surface area contributed by atoms with Gasteiger partial charge in [-0.25, -0.2) is 0 Å². The molecule has 108 valence electrons. The Kier molecular flexibility index (Phi) is 3.48. The van der Waals surface area contributed by atoms with Crippen molar-refractivity contribution in [1.82, 2.24) is 5.32 Å². The van der Waals surface area contributed by atoms with Crippen molar-refractivity contribution < 1.29 is 14.0 Å². The van der Waals surface area contributed by atoms with Gasteiger partial charge < -0.3 is 9.73 Å². The Hall–Kier alpha value is -2.56. The number of amides is 2. The number of para-hydroxylation sites is 1. The molecule has 5 heteroatoms. The van der Waals surface area contributed by atoms with Crippen LogP contribution >= 0.6 is 0 Å². The molecule has 5 nitrogen and oxygen atoms in total. The van der Waals surface area contributed by atoms with Gasteiger partial charge in [-0.15, -0.1) is 0 Å². The van der Waals surface area contributed by atoms with Gasteiger partial charge in [-0.2, -0.15) is 0 Å². The van der Waals surface area contributed by atoms with E-state index in [0.29, 0.717) is 6.42 Å². The van der Waals surface area contributed by atoms with Gasteiger partial charge in [-0.1, -0.05) is 18.2 Å². The van der Waals surface area contributed by atoms with Gasteiger partial charge in [0.2, 0.25) is 11.8 Å². The molecule has 1 aliphatic rings. The average molecular weight is 284 g/mol. The summed E-state index contributed by atoms with van der Waals surface area (Å²) in [6.07, 6.45) is 3.86. The van der Waals surface area contributed by atoms with Gasteiger partial charge in [0.05, 0.1) is 18.9 Å². The van der Waals surface area contributed by atoms with E-state index < -0.39 is 6.04 Å². The maximum Gasteiger partial charge on any atom is 0.243 e. The molecule has 2 amide bonds. The molecule has 0 saturated carbocycles. The number of fused-ring (bicyclic) bond motifs is 1. The minimum absolute atomic E-state index is 0.102. The predicted octanol–water partition coefficient (Wildman–Crippen LogP) is 1.53. The monoisotopic (exact) mass is 284 g/mol. The first-order valence-corrected chi connectivity index (χ1v) is 6.83. The Balaban J connectivity index is 1.91. The van der Waals surface area contributed by atoms with Crippen molar-refractivity contribution in [2.75, 3.05) is 11.9 Å². The van der Waals surface area contributed by atoms with Gasteiger partial charge in [-0.05, 0) is 23.3 Å². The fraction of sp³-hybridized carbons (Fsp3) is 0.250. The third-order valence-corrected chi connectivity index (χ3v) is 3.73. The van der Waals surface area contributed by atoms with Gasteiger partial charge in [0.25, 0.3) is 0 Å². The van der Waals surface area contributed by atoms with Crippen molar-refractivity contribution in [3.05, 3.63) is 54.0 Å². The molecule has 3 rings (SSSR count). The van der Waals surface area contributed by atoms with Crippen molar-refractivity contribution in [2.45, 2.75) is 18.9 Å². The van der Waals surface area contributed by atoms with Crippen LogP contribution in [0.25, 0.3) is 0 Å². The standard InChI is InChI=1S/C16H16N2O3/c1-17-16(20)14-9-12-4-2-3-5-13(12)18(14)15(19)8-11-6-7-21-10-11/h2-7,10,14H,8-9H2,1H3,(H,17,20). The van der Waals surface area contributed by atoms with Crippen molar-refractivity contribution >= 4 is 17.5 Å². The number of hydrogen-bond donors (Lipinski definition) is 1. The Bertz CT molecular complexity index is 664. The third kappa shape index (κ3) is 2.42. The number of nitrogens with zero attached hydrogens (tertiary/aromatic N) is 1. The molecular formula is C16H16N2O3. The highest BCUT2D eigenvalue weighted by molar-refractivity contribution is 6.04. The quantitative estimate of drug-likeness (QED) is 0.929. The Morgan fingerprint density at radius 2 is 2.14 bits per heavy atom. The number of hydrogen-bond acceptors (Lipinski definition) is 3. The van der Waals surface area contributed by atoms with Gasteiger partial charge in [-0.3, -0.25) is 14.5 Å². The summed E-state index contributed by atoms with van der Waals surface area (Å²) in [5, 5.41) is 2.63. The highest BCUT2D eigenvalue weighted by Gasteiger charge is 2.37. The number of nitrogens with one attached hydrogen (secondary N) is 1. The highest BCUT2D eigenvalue weighted by atomic mass is 16.3. The molecule has 1 atom stereocenters. The molecule has 1 N–H and O–H groups in total. The van der Waals surface area contributed by atoms with Crippen LogP contribution in [0.15, 0.2) is 47.3 Å². The summed E-state index contributed by atoms with van der Waals surface area (Å²) in [5.41, 5.74) is 2.64. The molecule has 0 radical (unpaired) electrons. The Morgan fingerprint density at radius 3 is 2.86 bits per heavy atom. The highest BCUT2D eigenvalue weighted by Crippen LogP contribution is 2.32. The second-order valence-corrected chi connectivity index (χ2v) is 5.04. The zero-order valence-corrected chi connectivity index (χ0v) is 11.7. The maximum atomic E-state index is 12.6. The van der Waals surface area contributed by atoms with E-state index in [9.17, 15) is 9.59 Å². The van der Waals surface area contributed by atoms with E-state index in [2.05, 4.69) is 5.32 Å². The second kappa shape index (κ2) is 5.44. The summed E-state index contributed by atoms with van der Waals surface area (Å²) in [7, 11) is 1.59. The normalized spacial score (nSPS) is 16.6. The molecular weight excluding hydrogens is 268 g/mol. The first kappa shape index (κ1) is 13.4. The molecule has 1 unspecified atom stereocenters. The smallest absolute Gasteiger partial charge is 0.243 e. The number of furan rings is 1. The number of benzene rings is 1. The fourth-order valence-corrected chi connectivity index (χ4v) is 2.72. The van der Waals surface area contributed by atoms with Crippen LogP contribution in [-0.2, 0) is 22.4 Å². The summed E-state index contributed by atoms with van der Waals surface area (Å²) >= 11 is 0. The lowest BCUT2D eigenvalue weighted by molar-refractivity contribution is -0.125. The van der Waals surface area contributed by atoms with Crippen LogP contribution in [0.4, 0.5) is 5.69 Å². The van der Waals surface area contributed by atoms with E-state index in [-0.39, 0.29) is 18.2 Å². The first-order chi connectivity index (χ1) is 10.2. The minimum atomic E-state index is -0.480. The van der Waals surface area contributed by atoms with Gasteiger partial charge in [0.1, 0.15) is 6.04 Å². The lowest BCUT2D eigenvalue weighted by Crippen LogP contribution is -2.47. The second-order valence-electron chi connectivity index (χ2n) is 5.04. The SMILES string of the molecule is CNC(=O)C1Cc2ccccc2N1C(=O)Cc1ccoc1. The third-order valence-electron chi connectivity index (χ3n) is 3.73. The summed E-state index contributed by atoms with van der Waals surface area (Å²) in [6, 6.07) is 8.91. The summed E-state index contributed by atoms with van der Waals surface area (Å²) in [5.74, 6) is -0.248. The number of carbonyl (C=O) groups is 2.